The van der Waals surface area contributed by atoms with E-state index >= 15 is 0 Å². The number of methoxy groups -OCH3 is 1. The zero-order valence-corrected chi connectivity index (χ0v) is 18.3. The number of carbonyl (C=O) groups is 2. The standard InChI is InChI=1S/C23H28ClFN2O3/c1-4-5-12-26-23(29)16(2)27(15-17-8-6-9-18(13-17)30-3)22(28)14-19-20(24)10-7-11-21(19)25/h6-11,13,16H,4-5,12,14-15H2,1-3H3,(H,26,29). The number of nitrogens with one attached hydrogen (secondary N) is 1. The third-order valence-electron chi connectivity index (χ3n) is 4.87. The first-order valence-electron chi connectivity index (χ1n) is 10.00. The maximum absolute atomic E-state index is 14.2. The Labute approximate surface area is 182 Å². The Balaban J connectivity index is 2.26. The van der Waals surface area contributed by atoms with Gasteiger partial charge in [-0.05, 0) is 43.2 Å². The molecular weight excluding hydrogens is 407 g/mol. The molecule has 0 fully saturated rings. The molecular formula is C23H28ClFN2O3. The van der Waals surface area contributed by atoms with E-state index in [1.807, 2.05) is 19.1 Å². The van der Waals surface area contributed by atoms with Gasteiger partial charge in [-0.2, -0.15) is 0 Å². The molecule has 2 rings (SSSR count). The number of carbonyl (C=O) groups excluding carboxylic acids is 2. The fourth-order valence-corrected chi connectivity index (χ4v) is 3.27. The Bertz CT molecular complexity index is 855. The van der Waals surface area contributed by atoms with Crippen LogP contribution >= 0.6 is 11.6 Å². The van der Waals surface area contributed by atoms with E-state index in [0.717, 1.165) is 18.4 Å². The number of benzene rings is 2. The summed E-state index contributed by atoms with van der Waals surface area (Å²) < 4.78 is 19.5. The van der Waals surface area contributed by atoms with Crippen LogP contribution in [0.15, 0.2) is 42.5 Å². The molecule has 5 nitrogen and oxygen atoms in total. The van der Waals surface area contributed by atoms with Gasteiger partial charge in [-0.1, -0.05) is 43.1 Å². The predicted molar refractivity (Wildman–Crippen MR) is 116 cm³/mol. The highest BCUT2D eigenvalue weighted by Crippen LogP contribution is 2.22. The van der Waals surface area contributed by atoms with Crippen LogP contribution in [0, 0.1) is 5.82 Å². The van der Waals surface area contributed by atoms with Crippen molar-refractivity contribution in [1.82, 2.24) is 10.2 Å². The van der Waals surface area contributed by atoms with Gasteiger partial charge in [0.25, 0.3) is 0 Å². The van der Waals surface area contributed by atoms with Crippen molar-refractivity contribution in [2.24, 2.45) is 0 Å². The summed E-state index contributed by atoms with van der Waals surface area (Å²) in [5.74, 6) is -0.531. The number of halogens is 2. The molecule has 0 radical (unpaired) electrons. The van der Waals surface area contributed by atoms with Crippen LogP contribution in [-0.4, -0.2) is 36.4 Å². The maximum Gasteiger partial charge on any atom is 0.242 e. The first kappa shape index (κ1) is 23.7. The quantitative estimate of drug-likeness (QED) is 0.565. The molecule has 30 heavy (non-hydrogen) atoms. The largest absolute Gasteiger partial charge is 0.497 e. The first-order chi connectivity index (χ1) is 14.4. The van der Waals surface area contributed by atoms with Gasteiger partial charge in [0, 0.05) is 23.7 Å². The Morgan fingerprint density at radius 3 is 2.63 bits per heavy atom. The van der Waals surface area contributed by atoms with E-state index in [1.165, 1.54) is 17.0 Å². The molecule has 0 heterocycles. The summed E-state index contributed by atoms with van der Waals surface area (Å²) >= 11 is 6.10. The molecule has 162 valence electrons. The van der Waals surface area contributed by atoms with Crippen molar-refractivity contribution in [3.05, 3.63) is 64.4 Å². The SMILES string of the molecule is CCCCNC(=O)C(C)N(Cc1cccc(OC)c1)C(=O)Cc1c(F)cccc1Cl. The van der Waals surface area contributed by atoms with Crippen LogP contribution in [-0.2, 0) is 22.6 Å². The highest BCUT2D eigenvalue weighted by Gasteiger charge is 2.27. The Hall–Kier alpha value is -2.60. The van der Waals surface area contributed by atoms with E-state index in [9.17, 15) is 14.0 Å². The molecule has 0 spiro atoms. The number of nitrogens with zero attached hydrogens (tertiary/aromatic N) is 1. The molecule has 7 heteroatoms. The molecule has 2 amide bonds. The second-order valence-corrected chi connectivity index (χ2v) is 7.48. The molecule has 0 aliphatic carbocycles. The number of amides is 2. The van der Waals surface area contributed by atoms with E-state index in [4.69, 9.17) is 16.3 Å². The topological polar surface area (TPSA) is 58.6 Å². The van der Waals surface area contributed by atoms with Crippen LogP contribution in [0.2, 0.25) is 5.02 Å². The lowest BCUT2D eigenvalue weighted by Crippen LogP contribution is -2.48. The van der Waals surface area contributed by atoms with Gasteiger partial charge in [0.05, 0.1) is 13.5 Å². The summed E-state index contributed by atoms with van der Waals surface area (Å²) in [6.07, 6.45) is 1.57. The molecule has 0 bridgehead atoms. The maximum atomic E-state index is 14.2. The number of hydrogen-bond donors (Lipinski definition) is 1. The molecule has 2 aromatic carbocycles. The minimum Gasteiger partial charge on any atom is -0.497 e. The fourth-order valence-electron chi connectivity index (χ4n) is 3.04. The molecule has 0 aliphatic heterocycles. The normalized spacial score (nSPS) is 11.6. The van der Waals surface area contributed by atoms with Crippen LogP contribution in [0.4, 0.5) is 4.39 Å². The minimum absolute atomic E-state index is 0.124. The lowest BCUT2D eigenvalue weighted by molar-refractivity contribution is -0.140. The average molecular weight is 435 g/mol. The Morgan fingerprint density at radius 1 is 1.23 bits per heavy atom. The van der Waals surface area contributed by atoms with Crippen LogP contribution in [0.1, 0.15) is 37.8 Å². The third kappa shape index (κ3) is 6.46. The molecule has 2 aromatic rings. The zero-order valence-electron chi connectivity index (χ0n) is 17.6. The molecule has 0 aromatic heterocycles. The zero-order chi connectivity index (χ0) is 22.1. The first-order valence-corrected chi connectivity index (χ1v) is 10.4. The van der Waals surface area contributed by atoms with Crippen molar-refractivity contribution < 1.29 is 18.7 Å². The monoisotopic (exact) mass is 434 g/mol. The molecule has 0 saturated heterocycles. The van der Waals surface area contributed by atoms with Gasteiger partial charge < -0.3 is 15.0 Å². The van der Waals surface area contributed by atoms with Crippen molar-refractivity contribution in [2.75, 3.05) is 13.7 Å². The fraction of sp³-hybridized carbons (Fsp3) is 0.391. The van der Waals surface area contributed by atoms with E-state index in [1.54, 1.807) is 32.2 Å². The smallest absolute Gasteiger partial charge is 0.242 e. The van der Waals surface area contributed by atoms with Crippen LogP contribution in [0.25, 0.3) is 0 Å². The summed E-state index contributed by atoms with van der Waals surface area (Å²) in [6.45, 7) is 4.43. The highest BCUT2D eigenvalue weighted by molar-refractivity contribution is 6.31. The Morgan fingerprint density at radius 2 is 1.97 bits per heavy atom. The molecule has 1 N–H and O–H groups in total. The second kappa shape index (κ2) is 11.6. The van der Waals surface area contributed by atoms with E-state index in [2.05, 4.69) is 5.32 Å². The van der Waals surface area contributed by atoms with Crippen LogP contribution in [0.3, 0.4) is 0 Å². The number of hydrogen-bond acceptors (Lipinski definition) is 3. The third-order valence-corrected chi connectivity index (χ3v) is 5.23. The van der Waals surface area contributed by atoms with Gasteiger partial charge in [-0.3, -0.25) is 9.59 Å². The molecule has 1 atom stereocenters. The predicted octanol–water partition coefficient (Wildman–Crippen LogP) is 4.36. The van der Waals surface area contributed by atoms with Gasteiger partial charge in [0.1, 0.15) is 17.6 Å². The summed E-state index contributed by atoms with van der Waals surface area (Å²) in [6, 6.07) is 10.8. The molecule has 0 saturated carbocycles. The van der Waals surface area contributed by atoms with Gasteiger partial charge >= 0.3 is 0 Å². The molecule has 0 aliphatic rings. The summed E-state index contributed by atoms with van der Waals surface area (Å²) in [5, 5.41) is 3.04. The van der Waals surface area contributed by atoms with Gasteiger partial charge in [-0.15, -0.1) is 0 Å². The summed E-state index contributed by atoms with van der Waals surface area (Å²) in [7, 11) is 1.56. The second-order valence-electron chi connectivity index (χ2n) is 7.07. The van der Waals surface area contributed by atoms with Gasteiger partial charge in [-0.25, -0.2) is 4.39 Å². The Kier molecular flexibility index (Phi) is 9.12. The van der Waals surface area contributed by atoms with Crippen LogP contribution in [0.5, 0.6) is 5.75 Å². The average Bonchev–Trinajstić information content (AvgIpc) is 2.74. The van der Waals surface area contributed by atoms with Crippen molar-refractivity contribution in [3.63, 3.8) is 0 Å². The lowest BCUT2D eigenvalue weighted by atomic mass is 10.1. The summed E-state index contributed by atoms with van der Waals surface area (Å²) in [5.41, 5.74) is 0.925. The van der Waals surface area contributed by atoms with Gasteiger partial charge in [0.2, 0.25) is 11.8 Å². The van der Waals surface area contributed by atoms with Crippen molar-refractivity contribution in [3.8, 4) is 5.75 Å². The number of unbranched alkanes of at least 4 members (excludes halogenated alkanes) is 1. The lowest BCUT2D eigenvalue weighted by Gasteiger charge is -2.29. The molecule has 1 unspecified atom stereocenters. The van der Waals surface area contributed by atoms with E-state index in [-0.39, 0.29) is 35.4 Å². The van der Waals surface area contributed by atoms with Crippen molar-refractivity contribution in [1.29, 1.82) is 0 Å². The van der Waals surface area contributed by atoms with Crippen molar-refractivity contribution in [2.45, 2.75) is 45.7 Å². The van der Waals surface area contributed by atoms with E-state index < -0.39 is 11.9 Å². The summed E-state index contributed by atoms with van der Waals surface area (Å²) in [4.78, 5) is 27.2. The van der Waals surface area contributed by atoms with Gasteiger partial charge in [0.15, 0.2) is 0 Å². The number of rotatable bonds is 10. The number of ether oxygens (including phenoxy) is 1. The van der Waals surface area contributed by atoms with E-state index in [0.29, 0.717) is 12.3 Å². The van der Waals surface area contributed by atoms with Crippen LogP contribution < -0.4 is 10.1 Å². The highest BCUT2D eigenvalue weighted by atomic mass is 35.5. The minimum atomic E-state index is -0.730. The van der Waals surface area contributed by atoms with Crippen molar-refractivity contribution >= 4 is 23.4 Å².